The number of methoxy groups -OCH3 is 1. The number of thiazole rings is 6. The molecule has 1 saturated heterocycles. The molecule has 2 fully saturated rings. The van der Waals surface area contributed by atoms with E-state index in [1.54, 1.807) is 102 Å². The summed E-state index contributed by atoms with van der Waals surface area (Å²) in [6, 6.07) is 15.4. The van der Waals surface area contributed by atoms with Gasteiger partial charge in [-0.25, -0.2) is 34.9 Å². The van der Waals surface area contributed by atoms with Crippen LogP contribution in [0, 0.1) is 18.8 Å². The molecule has 526 valence electrons. The number of pyridine rings is 1. The monoisotopic (exact) mass is 1480 g/mol. The molecule has 33 heteroatoms. The first-order valence-corrected chi connectivity index (χ1v) is 37.5. The van der Waals surface area contributed by atoms with E-state index in [-0.39, 0.29) is 83.9 Å². The van der Waals surface area contributed by atoms with Gasteiger partial charge in [0.1, 0.15) is 76.7 Å². The Balaban J connectivity index is 0.898. The molecule has 10 bridgehead atoms. The SMILES string of the molecule is COCCOCCNC(=O)COc1ccc(C[C@@H]2NC(=O)c3csc(n3)[C@@H]([C@H](O)c3ccccc3)CC(=O)c3nc(sc3C)[C@H](CC(N)=O)NC(=O)c3csc(n3)-c3ccc(-c4nc(C(=O)NC5CCC(C(=O)O)CC5)cs4)nc3-c3csc(n3)-c3csc(n3)[C@H]3[C@@H](C)[C@@H](O)CN3C2=O)cc1. The van der Waals surface area contributed by atoms with Crippen molar-refractivity contribution in [3.63, 3.8) is 0 Å². The highest BCUT2D eigenvalue weighted by Crippen LogP contribution is 2.44. The number of rotatable bonds is 19. The first-order valence-electron chi connectivity index (χ1n) is 32.3. The zero-order valence-electron chi connectivity index (χ0n) is 54.6. The van der Waals surface area contributed by atoms with Crippen LogP contribution < -0.4 is 31.7 Å². The minimum atomic E-state index is -1.33. The van der Waals surface area contributed by atoms with Gasteiger partial charge in [-0.3, -0.25) is 38.4 Å². The molecular formula is C68H69N13O14S6. The number of Topliss-reactive ketones (excluding diaryl/α,β-unsaturated/α-hetero) is 1. The van der Waals surface area contributed by atoms with E-state index >= 15 is 4.79 Å². The summed E-state index contributed by atoms with van der Waals surface area (Å²) < 4.78 is 16.2. The van der Waals surface area contributed by atoms with Crippen LogP contribution in [0.2, 0.25) is 0 Å². The molecule has 0 spiro atoms. The molecule has 0 unspecified atom stereocenters. The maximum atomic E-state index is 15.5. The van der Waals surface area contributed by atoms with Gasteiger partial charge in [0, 0.05) is 88.3 Å². The lowest BCUT2D eigenvalue weighted by molar-refractivity contribution is -0.143. The smallest absolute Gasteiger partial charge is 0.306 e. The number of aromatic nitrogens is 7. The summed E-state index contributed by atoms with van der Waals surface area (Å²) in [7, 11) is 1.57. The lowest BCUT2D eigenvalue weighted by Crippen LogP contribution is -2.50. The summed E-state index contributed by atoms with van der Waals surface area (Å²) in [5.74, 6) is -6.60. The number of hydrogen-bond donors (Lipinski definition) is 8. The van der Waals surface area contributed by atoms with E-state index in [4.69, 9.17) is 49.8 Å². The van der Waals surface area contributed by atoms with Crippen molar-refractivity contribution < 1.29 is 67.9 Å². The number of hydrogen-bond acceptors (Lipinski definition) is 26. The molecule has 12 rings (SSSR count). The Kier molecular flexibility index (Phi) is 23.0. The molecule has 9 N–H and O–H groups in total. The predicted molar refractivity (Wildman–Crippen MR) is 378 cm³/mol. The number of ether oxygens (including phenoxy) is 3. The molecule has 1 aliphatic carbocycles. The van der Waals surface area contributed by atoms with Crippen LogP contribution in [0.1, 0.15) is 143 Å². The molecule has 9 aromatic rings. The number of fused-ring (bicyclic) bond motifs is 16. The van der Waals surface area contributed by atoms with Gasteiger partial charge in [-0.2, -0.15) is 0 Å². The number of carbonyl (C=O) groups excluding carboxylic acids is 7. The number of aryl methyl sites for hydroxylation is 1. The molecule has 3 aliphatic rings. The van der Waals surface area contributed by atoms with Gasteiger partial charge in [0.25, 0.3) is 23.6 Å². The normalized spacial score (nSPS) is 20.7. The van der Waals surface area contributed by atoms with Gasteiger partial charge in [-0.15, -0.1) is 68.0 Å². The zero-order valence-corrected chi connectivity index (χ0v) is 59.5. The fraction of sp³-hybridized carbons (Fsp3) is 0.368. The molecule has 2 aromatic carbocycles. The third kappa shape index (κ3) is 17.0. The van der Waals surface area contributed by atoms with Crippen molar-refractivity contribution in [2.45, 2.75) is 101 Å². The number of primary amides is 1. The largest absolute Gasteiger partial charge is 0.484 e. The average molecular weight is 1480 g/mol. The fourth-order valence-electron chi connectivity index (χ4n) is 12.1. The van der Waals surface area contributed by atoms with Crippen LogP contribution in [-0.4, -0.2) is 167 Å². The lowest BCUT2D eigenvalue weighted by Gasteiger charge is -2.29. The van der Waals surface area contributed by atoms with Crippen molar-refractivity contribution >= 4 is 115 Å². The van der Waals surface area contributed by atoms with Gasteiger partial charge >= 0.3 is 5.97 Å². The predicted octanol–water partition coefficient (Wildman–Crippen LogP) is 8.00. The molecule has 27 nitrogen and oxygen atoms in total. The molecule has 7 atom stereocenters. The number of ketones is 1. The van der Waals surface area contributed by atoms with Crippen LogP contribution in [0.3, 0.4) is 0 Å². The topological polar surface area (TPSA) is 393 Å². The van der Waals surface area contributed by atoms with Gasteiger partial charge in [-0.1, -0.05) is 49.4 Å². The summed E-state index contributed by atoms with van der Waals surface area (Å²) in [5.41, 5.74) is 8.88. The molecule has 2 aliphatic heterocycles. The van der Waals surface area contributed by atoms with Crippen molar-refractivity contribution in [2.75, 3.05) is 46.6 Å². The van der Waals surface area contributed by atoms with Gasteiger partial charge in [-0.05, 0) is 68.0 Å². The van der Waals surface area contributed by atoms with Crippen LogP contribution in [0.4, 0.5) is 0 Å². The number of carboxylic acid groups (broad SMARTS) is 1. The Morgan fingerprint density at radius 2 is 1.39 bits per heavy atom. The number of carbonyl (C=O) groups is 8. The fourth-order valence-corrected chi connectivity index (χ4v) is 17.5. The Morgan fingerprint density at radius 1 is 0.713 bits per heavy atom. The molecular weight excluding hydrogens is 1420 g/mol. The molecule has 0 radical (unpaired) electrons. The highest BCUT2D eigenvalue weighted by atomic mass is 32.1. The van der Waals surface area contributed by atoms with Crippen LogP contribution in [0.15, 0.2) is 93.6 Å². The number of carboxylic acids is 1. The van der Waals surface area contributed by atoms with Gasteiger partial charge in [0.05, 0.1) is 67.2 Å². The second-order valence-corrected chi connectivity index (χ2v) is 30.0. The zero-order chi connectivity index (χ0) is 71.0. The maximum Gasteiger partial charge on any atom is 0.306 e. The van der Waals surface area contributed by atoms with Crippen LogP contribution in [0.25, 0.3) is 43.4 Å². The number of aliphatic hydroxyl groups is 2. The summed E-state index contributed by atoms with van der Waals surface area (Å²) >= 11 is 6.96. The lowest BCUT2D eigenvalue weighted by atomic mass is 9.86. The van der Waals surface area contributed by atoms with Crippen molar-refractivity contribution in [3.05, 3.63) is 147 Å². The van der Waals surface area contributed by atoms with Crippen molar-refractivity contribution in [1.29, 1.82) is 0 Å². The summed E-state index contributed by atoms with van der Waals surface area (Å²) in [5, 5.41) is 55.3. The Bertz CT molecular complexity index is 4510. The van der Waals surface area contributed by atoms with Crippen LogP contribution >= 0.6 is 68.0 Å². The summed E-state index contributed by atoms with van der Waals surface area (Å²) in [4.78, 5) is 146. The number of nitrogens with zero attached hydrogens (tertiary/aromatic N) is 8. The Labute approximate surface area is 602 Å². The minimum Gasteiger partial charge on any atom is -0.484 e. The average Bonchev–Trinajstić information content (AvgIpc) is 1.53. The second-order valence-electron chi connectivity index (χ2n) is 24.4. The number of nitrogens with one attached hydrogen (secondary N) is 4. The molecule has 9 heterocycles. The maximum absolute atomic E-state index is 15.5. The number of amides is 6. The second kappa shape index (κ2) is 32.3. The standard InChI is InChI=1S/C68H69N13O14S6/c1-33-51(83)26-81-56(33)66-79-49(32-100-66)64-75-45(28-98-64)55-40(17-18-42(72-55)63-78-46(31-99-63)58(87)71-38-13-11-37(12-14-38)68(91)92)61-76-47(29-96-61)59(88)73-43(25-52(69)84)65-80-54(34(2)101-65)50(82)24-41(57(86)36-7-5-4-6-8-36)62-77-48(30-97-62)60(89)74-44(67(81)90)23-35-9-15-39(16-10-35)95-27-53(85)70-19-20-94-22-21-93-3/h4-10,15-18,28-33,37-38,41,43-44,51,56-57,83,86H,11-14,19-27H2,1-3H3,(H2,69,84)(H,70,85)(H,71,87)(H,73,88)(H,74,89)(H,91,92)/t33-,37?,38?,41+,43-,44-,51-,56+,57+/m0/s1. The van der Waals surface area contributed by atoms with Gasteiger partial charge in [0.15, 0.2) is 12.4 Å². The summed E-state index contributed by atoms with van der Waals surface area (Å²) in [6.45, 7) is 4.44. The molecule has 1 saturated carbocycles. The number of nitrogens with two attached hydrogens (primary N) is 1. The first-order chi connectivity index (χ1) is 48.7. The van der Waals surface area contributed by atoms with E-state index in [1.165, 1.54) is 44.3 Å². The van der Waals surface area contributed by atoms with Crippen LogP contribution in [0.5, 0.6) is 5.75 Å². The van der Waals surface area contributed by atoms with E-state index in [9.17, 15) is 48.9 Å². The molecule has 6 amide bonds. The Hall–Kier alpha value is -9.03. The summed E-state index contributed by atoms with van der Waals surface area (Å²) in [6.07, 6.45) is -1.25. The van der Waals surface area contributed by atoms with Crippen molar-refractivity contribution in [3.8, 4) is 49.1 Å². The number of aliphatic carboxylic acids is 1. The van der Waals surface area contributed by atoms with E-state index in [2.05, 4.69) is 26.3 Å². The third-order valence-electron chi connectivity index (χ3n) is 17.5. The quantitative estimate of drug-likeness (QED) is 0.0355. The first kappa shape index (κ1) is 71.8. The highest BCUT2D eigenvalue weighted by molar-refractivity contribution is 7.15. The van der Waals surface area contributed by atoms with E-state index in [0.717, 1.165) is 34.0 Å². The van der Waals surface area contributed by atoms with Gasteiger partial charge < -0.3 is 61.4 Å². The van der Waals surface area contributed by atoms with Crippen LogP contribution in [-0.2, 0) is 35.1 Å². The van der Waals surface area contributed by atoms with Crippen molar-refractivity contribution in [2.24, 2.45) is 17.6 Å². The number of benzene rings is 2. The number of aliphatic hydroxyl groups excluding tert-OH is 2. The third-order valence-corrected chi connectivity index (χ3v) is 23.1. The van der Waals surface area contributed by atoms with E-state index < -0.39 is 95.8 Å². The van der Waals surface area contributed by atoms with E-state index in [1.807, 2.05) is 6.92 Å². The minimum absolute atomic E-state index is 0.00608. The van der Waals surface area contributed by atoms with E-state index in [0.29, 0.717) is 109 Å². The van der Waals surface area contributed by atoms with Gasteiger partial charge in [0.2, 0.25) is 11.8 Å². The molecule has 101 heavy (non-hydrogen) atoms. The highest BCUT2D eigenvalue weighted by Gasteiger charge is 2.46. The molecule has 7 aromatic heterocycles. The Morgan fingerprint density at radius 3 is 2.14 bits per heavy atom. The van der Waals surface area contributed by atoms with Crippen molar-refractivity contribution in [1.82, 2.24) is 61.1 Å².